The van der Waals surface area contributed by atoms with Gasteiger partial charge in [0, 0.05) is 26.3 Å². The number of hydrogen-bond acceptors (Lipinski definition) is 10. The van der Waals surface area contributed by atoms with Gasteiger partial charge in [-0.05, 0) is 11.8 Å². The molecule has 0 aliphatic rings. The third-order valence-electron chi connectivity index (χ3n) is 10.1. The molecule has 0 amide bonds. The molecule has 0 N–H and O–H groups in total. The van der Waals surface area contributed by atoms with Gasteiger partial charge >= 0.3 is 309 Å². The average Bonchev–Trinajstić information content (AvgIpc) is 3.30. The molecule has 0 bridgehead atoms. The Morgan fingerprint density at radius 3 is 1.09 bits per heavy atom. The van der Waals surface area contributed by atoms with Gasteiger partial charge in [0.15, 0.2) is 0 Å². The van der Waals surface area contributed by atoms with E-state index in [9.17, 15) is 0 Å². The molecule has 5 heterocycles. The minimum absolute atomic E-state index is 0. The second-order valence-electron chi connectivity index (χ2n) is 14.8. The zero-order chi connectivity index (χ0) is 43.1. The maximum atomic E-state index is 6.96. The van der Waals surface area contributed by atoms with Crippen molar-refractivity contribution in [1.29, 1.82) is 0 Å². The Bertz CT molecular complexity index is 2820. The number of para-hydroxylation sites is 4. The maximum absolute atomic E-state index is 6.96. The van der Waals surface area contributed by atoms with Gasteiger partial charge in [0.25, 0.3) is 0 Å². The van der Waals surface area contributed by atoms with Crippen molar-refractivity contribution in [2.24, 2.45) is 0 Å². The first-order chi connectivity index (χ1) is 30.8. The van der Waals surface area contributed by atoms with Crippen LogP contribution in [0.4, 0.5) is 0 Å². The van der Waals surface area contributed by atoms with E-state index in [1.54, 1.807) is 6.20 Å². The summed E-state index contributed by atoms with van der Waals surface area (Å²) < 4.78 is 34.1. The smallest absolute Gasteiger partial charge is 0.0160 e. The molecule has 13 heteroatoms. The molecule has 5 aromatic heterocycles. The first-order valence-electron chi connectivity index (χ1n) is 20.5. The second-order valence-corrected chi connectivity index (χ2v) is 22.7. The van der Waals surface area contributed by atoms with Crippen LogP contribution in [0.2, 0.25) is 0 Å². The van der Waals surface area contributed by atoms with E-state index in [2.05, 4.69) is 11.1 Å². The molecule has 0 atom stereocenters. The van der Waals surface area contributed by atoms with Crippen molar-refractivity contribution in [2.45, 2.75) is 27.7 Å². The summed E-state index contributed by atoms with van der Waals surface area (Å²) >= 11 is -7.73. The van der Waals surface area contributed by atoms with Crippen molar-refractivity contribution in [1.82, 2.24) is 24.9 Å². The molecule has 10 nitrogen and oxygen atoms in total. The Morgan fingerprint density at radius 2 is 0.766 bits per heavy atom. The molecule has 10 aromatic rings. The third-order valence-corrected chi connectivity index (χ3v) is 19.6. The molecule has 5 aromatic carbocycles. The van der Waals surface area contributed by atoms with Crippen molar-refractivity contribution >= 4 is 78.2 Å². The fourth-order valence-electron chi connectivity index (χ4n) is 6.99. The number of benzene rings is 5. The van der Waals surface area contributed by atoms with Gasteiger partial charge in [-0.2, -0.15) is 0 Å². The molecule has 0 unspecified atom stereocenters. The van der Waals surface area contributed by atoms with E-state index in [-0.39, 0.29) is 20.1 Å². The molecule has 0 aliphatic heterocycles. The van der Waals surface area contributed by atoms with E-state index in [1.807, 2.05) is 191 Å². The fourth-order valence-corrected chi connectivity index (χ4v) is 15.8. The van der Waals surface area contributed by atoms with Gasteiger partial charge in [-0.15, -0.1) is 35.9 Å². The summed E-state index contributed by atoms with van der Waals surface area (Å²) in [6.07, 6.45) is 1.79. The van der Waals surface area contributed by atoms with E-state index in [0.29, 0.717) is 23.0 Å². The zero-order valence-electron chi connectivity index (χ0n) is 35.4. The van der Waals surface area contributed by atoms with Crippen molar-refractivity contribution < 1.29 is 36.5 Å². The van der Waals surface area contributed by atoms with Gasteiger partial charge in [-0.3, -0.25) is 0 Å². The van der Waals surface area contributed by atoms with Gasteiger partial charge in [-0.25, -0.2) is 0 Å². The van der Waals surface area contributed by atoms with Gasteiger partial charge in [0.05, 0.1) is 0 Å². The Labute approximate surface area is 397 Å². The number of aromatic nitrogens is 5. The fraction of sp³-hybridized carbons (Fsp3) is 0.0784. The molecular formula is C51H40Ga2IrN5O5-. The van der Waals surface area contributed by atoms with Crippen LogP contribution in [0.3, 0.4) is 0 Å². The number of fused-ring (bicyclic) bond motifs is 4. The van der Waals surface area contributed by atoms with E-state index in [1.165, 1.54) is 0 Å². The average molecular weight is 1130 g/mol. The van der Waals surface area contributed by atoms with Gasteiger partial charge in [0.1, 0.15) is 0 Å². The normalized spacial score (nSPS) is 10.8. The molecule has 0 aliphatic carbocycles. The van der Waals surface area contributed by atoms with Crippen LogP contribution >= 0.6 is 0 Å². The van der Waals surface area contributed by atoms with E-state index < -0.39 is 34.6 Å². The molecule has 0 fully saturated rings. The maximum Gasteiger partial charge on any atom is 0.0160 e. The molecule has 0 saturated carbocycles. The summed E-state index contributed by atoms with van der Waals surface area (Å²) in [6, 6.07) is 56.2. The van der Waals surface area contributed by atoms with Crippen LogP contribution in [-0.4, -0.2) is 59.5 Å². The van der Waals surface area contributed by atoms with E-state index in [4.69, 9.17) is 36.4 Å². The Balaban J connectivity index is 0.000000372. The predicted octanol–water partition coefficient (Wildman–Crippen LogP) is 11.3. The summed E-state index contributed by atoms with van der Waals surface area (Å²) in [5.41, 5.74) is 8.39. The summed E-state index contributed by atoms with van der Waals surface area (Å²) in [4.78, 5) is 23.5. The van der Waals surface area contributed by atoms with Crippen LogP contribution in [-0.2, 0) is 22.4 Å². The van der Waals surface area contributed by atoms with E-state index in [0.717, 1.165) is 77.6 Å². The van der Waals surface area contributed by atoms with Crippen molar-refractivity contribution in [3.8, 4) is 34.3 Å². The number of hydrogen-bond donors (Lipinski definition) is 0. The third kappa shape index (κ3) is 10.7. The minimum Gasteiger partial charge on any atom is -0.305 e. The summed E-state index contributed by atoms with van der Waals surface area (Å²) in [6.45, 7) is 7.83. The number of aryl methyl sites for hydroxylation is 4. The first kappa shape index (κ1) is 44.6. The molecular weight excluding hydrogens is 1090 g/mol. The summed E-state index contributed by atoms with van der Waals surface area (Å²) in [5, 5.41) is 3.78. The van der Waals surface area contributed by atoms with Crippen LogP contribution in [0.25, 0.3) is 54.9 Å². The van der Waals surface area contributed by atoms with E-state index >= 15 is 0 Å². The zero-order valence-corrected chi connectivity index (χ0v) is 42.7. The van der Waals surface area contributed by atoms with Gasteiger partial charge < -0.3 is 4.98 Å². The number of nitrogens with zero attached hydrogens (tertiary/aromatic N) is 5. The second kappa shape index (κ2) is 20.6. The molecule has 1 radical (unpaired) electrons. The van der Waals surface area contributed by atoms with Crippen LogP contribution in [0, 0.1) is 33.8 Å². The largest absolute Gasteiger partial charge is 0.305 e. The molecule has 10 rings (SSSR count). The summed E-state index contributed by atoms with van der Waals surface area (Å²) in [5.74, 6) is 2.27. The summed E-state index contributed by atoms with van der Waals surface area (Å²) in [7, 11) is 0. The van der Waals surface area contributed by atoms with Crippen LogP contribution in [0.15, 0.2) is 170 Å². The van der Waals surface area contributed by atoms with Crippen LogP contribution < -0.4 is 14.1 Å². The topological polar surface area (TPSA) is 111 Å². The van der Waals surface area contributed by atoms with Crippen LogP contribution in [0.5, 0.6) is 23.0 Å². The Kier molecular flexibility index (Phi) is 14.4. The Morgan fingerprint density at radius 1 is 0.391 bits per heavy atom. The standard InChI is InChI=1S/C11H8N.4C10H9NO.2Ga.Ir.O/c1-2-6-10(7-3-1)11-8-4-5-9-12-11;4*1-7-5-6-8-3-2-4-9(12)10(8)11-7;;;;/h1-6,8-9H;4*2-6,12H,1H3;;;;/q-1;;;;;2*+2;;/p-4. The van der Waals surface area contributed by atoms with Crippen LogP contribution in [0.1, 0.15) is 22.8 Å². The van der Waals surface area contributed by atoms with Gasteiger partial charge in [-0.1, -0.05) is 12.1 Å². The monoisotopic (exact) mass is 1130 g/mol. The SMILES string of the molecule is Cc1ccc2cccc([O][Ga]([O]c3cccc4ccc(C)nc34)[O][Ga]([O]c3cccc4ccc(C)nc34)[O]c3cccc4ccc(C)nc34)c2n1.[Ir].[c-]1ccccc1-c1ccccn1. The number of pyridine rings is 5. The quantitative estimate of drug-likeness (QED) is 0.0917. The van der Waals surface area contributed by atoms with Crippen molar-refractivity contribution in [3.63, 3.8) is 0 Å². The Hall–Kier alpha value is -6.03. The first-order valence-corrected chi connectivity index (χ1v) is 26.4. The van der Waals surface area contributed by atoms with Crippen molar-refractivity contribution in [3.05, 3.63) is 199 Å². The molecule has 0 saturated heterocycles. The molecule has 315 valence electrons. The van der Waals surface area contributed by atoms with Crippen molar-refractivity contribution in [2.75, 3.05) is 0 Å². The predicted molar refractivity (Wildman–Crippen MR) is 250 cm³/mol. The van der Waals surface area contributed by atoms with Gasteiger partial charge in [0.2, 0.25) is 0 Å². The molecule has 0 spiro atoms. The molecule has 64 heavy (non-hydrogen) atoms. The number of rotatable bonds is 11. The minimum atomic E-state index is -3.87.